The van der Waals surface area contributed by atoms with Crippen molar-refractivity contribution >= 4 is 27.3 Å². The highest BCUT2D eigenvalue weighted by Gasteiger charge is 2.41. The number of hydrogen-bond donors (Lipinski definition) is 0. The molecule has 0 unspecified atom stereocenters. The number of piperidine rings is 1. The Morgan fingerprint density at radius 3 is 2.57 bits per heavy atom. The first kappa shape index (κ1) is 16.8. The molecule has 3 rings (SSSR count). The van der Waals surface area contributed by atoms with Crippen LogP contribution in [0.1, 0.15) is 12.8 Å². The van der Waals surface area contributed by atoms with Crippen LogP contribution in [0.4, 0.5) is 0 Å². The zero-order chi connectivity index (χ0) is 16.5. The third-order valence-electron chi connectivity index (χ3n) is 4.21. The average Bonchev–Trinajstić information content (AvgIpc) is 3.20. The van der Waals surface area contributed by atoms with Gasteiger partial charge in [-0.05, 0) is 11.4 Å². The van der Waals surface area contributed by atoms with Crippen molar-refractivity contribution in [1.29, 1.82) is 0 Å². The Bertz CT molecular complexity index is 643. The van der Waals surface area contributed by atoms with Crippen LogP contribution in [-0.4, -0.2) is 69.2 Å². The topological polar surface area (TPSA) is 76.2 Å². The maximum atomic E-state index is 12.4. The van der Waals surface area contributed by atoms with E-state index in [-0.39, 0.29) is 16.7 Å². The minimum absolute atomic E-state index is 0.158. The highest BCUT2D eigenvalue weighted by atomic mass is 32.2. The van der Waals surface area contributed by atoms with Crippen molar-refractivity contribution in [3.63, 3.8) is 0 Å². The standard InChI is InChI=1S/C14H20N2O5S2/c1-15(23(18,19)13-3-2-10-22-13)11-12(17)16-6-4-14(5-7-16)20-8-9-21-14/h2-3,10H,4-9,11H2,1H3. The second-order valence-electron chi connectivity index (χ2n) is 5.68. The zero-order valence-electron chi connectivity index (χ0n) is 12.9. The van der Waals surface area contributed by atoms with Crippen LogP contribution in [0.2, 0.25) is 0 Å². The average molecular weight is 360 g/mol. The van der Waals surface area contributed by atoms with Gasteiger partial charge in [-0.3, -0.25) is 4.79 Å². The molecule has 0 radical (unpaired) electrons. The quantitative estimate of drug-likeness (QED) is 0.791. The SMILES string of the molecule is CN(CC(=O)N1CCC2(CC1)OCCO2)S(=O)(=O)c1cccs1. The molecule has 9 heteroatoms. The molecule has 0 N–H and O–H groups in total. The first-order chi connectivity index (χ1) is 10.9. The van der Waals surface area contributed by atoms with E-state index in [2.05, 4.69) is 0 Å². The molecule has 7 nitrogen and oxygen atoms in total. The van der Waals surface area contributed by atoms with Gasteiger partial charge in [0.2, 0.25) is 5.91 Å². The lowest BCUT2D eigenvalue weighted by molar-refractivity contribution is -0.187. The van der Waals surface area contributed by atoms with Crippen molar-refractivity contribution in [1.82, 2.24) is 9.21 Å². The number of carbonyl (C=O) groups excluding carboxylic acids is 1. The van der Waals surface area contributed by atoms with E-state index in [9.17, 15) is 13.2 Å². The Balaban J connectivity index is 1.57. The molecule has 3 heterocycles. The monoisotopic (exact) mass is 360 g/mol. The third-order valence-corrected chi connectivity index (χ3v) is 7.39. The van der Waals surface area contributed by atoms with Gasteiger partial charge in [0.1, 0.15) is 4.21 Å². The van der Waals surface area contributed by atoms with E-state index in [0.29, 0.717) is 39.1 Å². The summed E-state index contributed by atoms with van der Waals surface area (Å²) in [6.07, 6.45) is 1.25. The van der Waals surface area contributed by atoms with Crippen molar-refractivity contribution in [2.45, 2.75) is 22.8 Å². The molecule has 1 aromatic heterocycles. The molecule has 2 saturated heterocycles. The normalized spacial score (nSPS) is 21.2. The van der Waals surface area contributed by atoms with E-state index in [1.54, 1.807) is 22.4 Å². The molecule has 2 aliphatic heterocycles. The van der Waals surface area contributed by atoms with Crippen LogP contribution in [0.5, 0.6) is 0 Å². The van der Waals surface area contributed by atoms with Gasteiger partial charge in [0.05, 0.1) is 19.8 Å². The molecule has 0 atom stereocenters. The van der Waals surface area contributed by atoms with Crippen molar-refractivity contribution in [2.24, 2.45) is 0 Å². The molecular formula is C14H20N2O5S2. The second-order valence-corrected chi connectivity index (χ2v) is 8.90. The number of nitrogens with zero attached hydrogens (tertiary/aromatic N) is 2. The van der Waals surface area contributed by atoms with Crippen molar-refractivity contribution < 1.29 is 22.7 Å². The Labute approximate surface area is 139 Å². The van der Waals surface area contributed by atoms with E-state index in [4.69, 9.17) is 9.47 Å². The lowest BCUT2D eigenvalue weighted by Gasteiger charge is -2.38. The van der Waals surface area contributed by atoms with Crippen LogP contribution in [0.25, 0.3) is 0 Å². The summed E-state index contributed by atoms with van der Waals surface area (Å²) in [5, 5.41) is 1.70. The van der Waals surface area contributed by atoms with Gasteiger partial charge in [-0.15, -0.1) is 11.3 Å². The summed E-state index contributed by atoms with van der Waals surface area (Å²) in [4.78, 5) is 14.0. The summed E-state index contributed by atoms with van der Waals surface area (Å²) in [5.41, 5.74) is 0. The van der Waals surface area contributed by atoms with Crippen LogP contribution in [0.15, 0.2) is 21.7 Å². The summed E-state index contributed by atoms with van der Waals surface area (Å²) < 4.78 is 37.3. The molecule has 23 heavy (non-hydrogen) atoms. The maximum absolute atomic E-state index is 12.4. The Morgan fingerprint density at radius 1 is 1.35 bits per heavy atom. The molecule has 0 saturated carbocycles. The molecular weight excluding hydrogens is 340 g/mol. The molecule has 1 amide bonds. The van der Waals surface area contributed by atoms with E-state index in [0.717, 1.165) is 15.6 Å². The van der Waals surface area contributed by atoms with Gasteiger partial charge < -0.3 is 14.4 Å². The number of carbonyl (C=O) groups is 1. The number of amides is 1. The van der Waals surface area contributed by atoms with Gasteiger partial charge in [0.25, 0.3) is 10.0 Å². The fraction of sp³-hybridized carbons (Fsp3) is 0.643. The summed E-state index contributed by atoms with van der Waals surface area (Å²) in [6.45, 7) is 2.07. The number of sulfonamides is 1. The molecule has 1 aromatic rings. The number of hydrogen-bond acceptors (Lipinski definition) is 6. The molecule has 128 valence electrons. The number of ether oxygens (including phenoxy) is 2. The summed E-state index contributed by atoms with van der Waals surface area (Å²) >= 11 is 1.15. The molecule has 0 aromatic carbocycles. The Morgan fingerprint density at radius 2 is 2.00 bits per heavy atom. The van der Waals surface area contributed by atoms with Crippen molar-refractivity contribution in [2.75, 3.05) is 39.9 Å². The lowest BCUT2D eigenvalue weighted by atomic mass is 10.0. The Hall–Kier alpha value is -1.00. The number of thiophene rings is 1. The Kier molecular flexibility index (Phi) is 4.75. The number of likely N-dealkylation sites (tertiary alicyclic amines) is 1. The highest BCUT2D eigenvalue weighted by molar-refractivity contribution is 7.91. The fourth-order valence-electron chi connectivity index (χ4n) is 2.82. The van der Waals surface area contributed by atoms with Gasteiger partial charge in [0, 0.05) is 33.0 Å². The lowest BCUT2D eigenvalue weighted by Crippen LogP contribution is -2.49. The largest absolute Gasteiger partial charge is 0.347 e. The van der Waals surface area contributed by atoms with Crippen LogP contribution in [0, 0.1) is 0 Å². The van der Waals surface area contributed by atoms with Gasteiger partial charge in [-0.2, -0.15) is 4.31 Å². The maximum Gasteiger partial charge on any atom is 0.252 e. The molecule has 2 aliphatic rings. The summed E-state index contributed by atoms with van der Waals surface area (Å²) in [6, 6.07) is 3.22. The van der Waals surface area contributed by atoms with E-state index >= 15 is 0 Å². The number of rotatable bonds is 4. The smallest absolute Gasteiger partial charge is 0.252 e. The summed E-state index contributed by atoms with van der Waals surface area (Å²) in [7, 11) is -2.16. The fourth-order valence-corrected chi connectivity index (χ4v) is 5.14. The predicted octanol–water partition coefficient (Wildman–Crippen LogP) is 0.734. The molecule has 1 spiro atoms. The van der Waals surface area contributed by atoms with Crippen LogP contribution < -0.4 is 0 Å². The van der Waals surface area contributed by atoms with Crippen LogP contribution in [0.3, 0.4) is 0 Å². The van der Waals surface area contributed by atoms with Gasteiger partial charge in [-0.25, -0.2) is 8.42 Å². The van der Waals surface area contributed by atoms with Crippen molar-refractivity contribution in [3.8, 4) is 0 Å². The van der Waals surface area contributed by atoms with E-state index in [1.807, 2.05) is 0 Å². The summed E-state index contributed by atoms with van der Waals surface area (Å²) in [5.74, 6) is -0.730. The number of likely N-dealkylation sites (N-methyl/N-ethyl adjacent to an activating group) is 1. The first-order valence-electron chi connectivity index (χ1n) is 7.49. The van der Waals surface area contributed by atoms with Crippen LogP contribution in [-0.2, 0) is 24.3 Å². The molecule has 2 fully saturated rings. The highest BCUT2D eigenvalue weighted by Crippen LogP contribution is 2.31. The minimum atomic E-state index is -3.60. The minimum Gasteiger partial charge on any atom is -0.347 e. The first-order valence-corrected chi connectivity index (χ1v) is 9.80. The van der Waals surface area contributed by atoms with Gasteiger partial charge in [0.15, 0.2) is 5.79 Å². The van der Waals surface area contributed by atoms with E-state index in [1.165, 1.54) is 7.05 Å². The third kappa shape index (κ3) is 3.43. The predicted molar refractivity (Wildman–Crippen MR) is 84.6 cm³/mol. The van der Waals surface area contributed by atoms with Crippen molar-refractivity contribution in [3.05, 3.63) is 17.5 Å². The van der Waals surface area contributed by atoms with E-state index < -0.39 is 15.8 Å². The zero-order valence-corrected chi connectivity index (χ0v) is 14.6. The van der Waals surface area contributed by atoms with Crippen LogP contribution >= 0.6 is 11.3 Å². The molecule has 0 aliphatic carbocycles. The van der Waals surface area contributed by atoms with Gasteiger partial charge >= 0.3 is 0 Å². The van der Waals surface area contributed by atoms with Gasteiger partial charge in [-0.1, -0.05) is 6.07 Å². The second kappa shape index (κ2) is 6.48. The molecule has 0 bridgehead atoms.